The Morgan fingerprint density at radius 2 is 2.27 bits per heavy atom. The topological polar surface area (TPSA) is 90.4 Å². The predicted octanol–water partition coefficient (Wildman–Crippen LogP) is 3.02. The van der Waals surface area contributed by atoms with E-state index in [9.17, 15) is 4.79 Å². The quantitative estimate of drug-likeness (QED) is 0.940. The van der Waals surface area contributed by atoms with Gasteiger partial charge in [0.2, 0.25) is 0 Å². The average molecular weight is 299 g/mol. The molecule has 1 aliphatic heterocycles. The van der Waals surface area contributed by atoms with Crippen molar-refractivity contribution in [1.82, 2.24) is 9.88 Å². The maximum Gasteiger partial charge on any atom is 0.407 e. The van der Waals surface area contributed by atoms with Crippen LogP contribution in [0.25, 0.3) is 11.0 Å². The SMILES string of the molecule is N#Cc1nccc2oc(CCC3CCN(C(=O)O)CC3)cc12. The number of fused-ring (bicyclic) bond motifs is 1. The highest BCUT2D eigenvalue weighted by Gasteiger charge is 2.22. The lowest BCUT2D eigenvalue weighted by Gasteiger charge is -2.29. The van der Waals surface area contributed by atoms with Crippen molar-refractivity contribution < 1.29 is 14.3 Å². The molecule has 0 atom stereocenters. The summed E-state index contributed by atoms with van der Waals surface area (Å²) in [6.45, 7) is 1.23. The summed E-state index contributed by atoms with van der Waals surface area (Å²) in [7, 11) is 0. The van der Waals surface area contributed by atoms with E-state index in [0.29, 0.717) is 30.3 Å². The first kappa shape index (κ1) is 14.4. The summed E-state index contributed by atoms with van der Waals surface area (Å²) in [5.74, 6) is 1.39. The molecule has 114 valence electrons. The Hall–Kier alpha value is -2.55. The van der Waals surface area contributed by atoms with Crippen LogP contribution in [0.1, 0.15) is 30.7 Å². The van der Waals surface area contributed by atoms with E-state index in [0.717, 1.165) is 36.8 Å². The normalized spacial score (nSPS) is 15.9. The number of furan rings is 1. The molecule has 0 bridgehead atoms. The number of piperidine rings is 1. The molecule has 1 fully saturated rings. The van der Waals surface area contributed by atoms with Gasteiger partial charge in [-0.3, -0.25) is 0 Å². The molecule has 0 spiro atoms. The number of rotatable bonds is 3. The second-order valence-corrected chi connectivity index (χ2v) is 5.65. The number of hydrogen-bond donors (Lipinski definition) is 1. The summed E-state index contributed by atoms with van der Waals surface area (Å²) in [6, 6.07) is 5.74. The van der Waals surface area contributed by atoms with E-state index in [1.807, 2.05) is 6.07 Å². The van der Waals surface area contributed by atoms with E-state index in [-0.39, 0.29) is 0 Å². The van der Waals surface area contributed by atoms with Crippen LogP contribution in [0.2, 0.25) is 0 Å². The summed E-state index contributed by atoms with van der Waals surface area (Å²) in [6.07, 6.45) is 4.33. The number of aryl methyl sites for hydroxylation is 1. The van der Waals surface area contributed by atoms with Crippen LogP contribution in [0.5, 0.6) is 0 Å². The lowest BCUT2D eigenvalue weighted by molar-refractivity contribution is 0.123. The first-order chi connectivity index (χ1) is 10.7. The maximum atomic E-state index is 10.9. The third-order valence-corrected chi connectivity index (χ3v) is 4.29. The van der Waals surface area contributed by atoms with Crippen molar-refractivity contribution in [2.75, 3.05) is 13.1 Å². The molecule has 2 aromatic heterocycles. The van der Waals surface area contributed by atoms with Crippen molar-refractivity contribution in [3.63, 3.8) is 0 Å². The van der Waals surface area contributed by atoms with E-state index in [1.54, 1.807) is 12.3 Å². The van der Waals surface area contributed by atoms with Crippen LogP contribution in [0.4, 0.5) is 4.79 Å². The molecule has 1 amide bonds. The van der Waals surface area contributed by atoms with Crippen molar-refractivity contribution in [2.45, 2.75) is 25.7 Å². The van der Waals surface area contributed by atoms with E-state index in [1.165, 1.54) is 4.90 Å². The van der Waals surface area contributed by atoms with Crippen LogP contribution in [0.15, 0.2) is 22.7 Å². The van der Waals surface area contributed by atoms with Crippen molar-refractivity contribution >= 4 is 17.1 Å². The molecule has 0 aromatic carbocycles. The van der Waals surface area contributed by atoms with Gasteiger partial charge < -0.3 is 14.4 Å². The second-order valence-electron chi connectivity index (χ2n) is 5.65. The van der Waals surface area contributed by atoms with Crippen molar-refractivity contribution in [2.24, 2.45) is 5.92 Å². The first-order valence-corrected chi connectivity index (χ1v) is 7.43. The maximum absolute atomic E-state index is 10.9. The summed E-state index contributed by atoms with van der Waals surface area (Å²) in [5, 5.41) is 18.7. The first-order valence-electron chi connectivity index (χ1n) is 7.43. The second kappa shape index (κ2) is 6.06. The van der Waals surface area contributed by atoms with Gasteiger partial charge in [-0.05, 0) is 37.3 Å². The number of aromatic nitrogens is 1. The van der Waals surface area contributed by atoms with Crippen molar-refractivity contribution in [3.8, 4) is 6.07 Å². The number of likely N-dealkylation sites (tertiary alicyclic amines) is 1. The van der Waals surface area contributed by atoms with Crippen LogP contribution in [0, 0.1) is 17.2 Å². The van der Waals surface area contributed by atoms with Gasteiger partial charge in [0.15, 0.2) is 5.69 Å². The van der Waals surface area contributed by atoms with E-state index in [4.69, 9.17) is 14.8 Å². The molecule has 0 aliphatic carbocycles. The van der Waals surface area contributed by atoms with Gasteiger partial charge in [0.25, 0.3) is 0 Å². The highest BCUT2D eigenvalue weighted by Crippen LogP contribution is 2.26. The van der Waals surface area contributed by atoms with Crippen LogP contribution < -0.4 is 0 Å². The van der Waals surface area contributed by atoms with Gasteiger partial charge in [0.05, 0.1) is 5.39 Å². The smallest absolute Gasteiger partial charge is 0.407 e. The molecule has 6 heteroatoms. The van der Waals surface area contributed by atoms with Crippen LogP contribution in [-0.2, 0) is 6.42 Å². The van der Waals surface area contributed by atoms with E-state index in [2.05, 4.69) is 11.1 Å². The average Bonchev–Trinajstić information content (AvgIpc) is 2.96. The van der Waals surface area contributed by atoms with Crippen molar-refractivity contribution in [3.05, 3.63) is 29.8 Å². The molecule has 1 aliphatic rings. The third-order valence-electron chi connectivity index (χ3n) is 4.29. The Kier molecular flexibility index (Phi) is 3.96. The minimum Gasteiger partial charge on any atom is -0.465 e. The zero-order valence-corrected chi connectivity index (χ0v) is 12.2. The van der Waals surface area contributed by atoms with Gasteiger partial charge in [-0.2, -0.15) is 5.26 Å². The molecular formula is C16H17N3O3. The Labute approximate surface area is 128 Å². The molecule has 1 saturated heterocycles. The predicted molar refractivity (Wildman–Crippen MR) is 79.4 cm³/mol. The number of nitriles is 1. The van der Waals surface area contributed by atoms with Gasteiger partial charge in [-0.25, -0.2) is 9.78 Å². The highest BCUT2D eigenvalue weighted by molar-refractivity contribution is 5.82. The van der Waals surface area contributed by atoms with Crippen LogP contribution in [-0.4, -0.2) is 34.2 Å². The van der Waals surface area contributed by atoms with Crippen LogP contribution in [0.3, 0.4) is 0 Å². The largest absolute Gasteiger partial charge is 0.465 e. The number of amides is 1. The van der Waals surface area contributed by atoms with Gasteiger partial charge in [0, 0.05) is 25.7 Å². The molecule has 3 rings (SSSR count). The third kappa shape index (κ3) is 2.89. The Balaban J connectivity index is 1.61. The van der Waals surface area contributed by atoms with Gasteiger partial charge in [-0.1, -0.05) is 0 Å². The highest BCUT2D eigenvalue weighted by atomic mass is 16.4. The summed E-state index contributed by atoms with van der Waals surface area (Å²) >= 11 is 0. The Morgan fingerprint density at radius 3 is 2.95 bits per heavy atom. The fourth-order valence-electron chi connectivity index (χ4n) is 2.99. The molecule has 0 saturated carbocycles. The fraction of sp³-hybridized carbons (Fsp3) is 0.438. The molecule has 3 heterocycles. The monoisotopic (exact) mass is 299 g/mol. The van der Waals surface area contributed by atoms with Gasteiger partial charge in [-0.15, -0.1) is 0 Å². The standard InChI is InChI=1S/C16H17N3O3/c17-10-14-13-9-12(22-15(13)3-6-18-14)2-1-11-4-7-19(8-5-11)16(20)21/h3,6,9,11H,1-2,4-5,7-8H2,(H,20,21). The summed E-state index contributed by atoms with van der Waals surface area (Å²) < 4.78 is 5.77. The fourth-order valence-corrected chi connectivity index (χ4v) is 2.99. The minimum atomic E-state index is -0.827. The van der Waals surface area contributed by atoms with E-state index >= 15 is 0 Å². The number of nitrogens with zero attached hydrogens (tertiary/aromatic N) is 3. The zero-order valence-electron chi connectivity index (χ0n) is 12.2. The molecule has 2 aromatic rings. The van der Waals surface area contributed by atoms with Gasteiger partial charge >= 0.3 is 6.09 Å². The number of pyridine rings is 1. The van der Waals surface area contributed by atoms with Crippen molar-refractivity contribution in [1.29, 1.82) is 5.26 Å². The number of carbonyl (C=O) groups is 1. The molecule has 0 radical (unpaired) electrons. The summed E-state index contributed by atoms with van der Waals surface area (Å²) in [5.41, 5.74) is 1.09. The number of hydrogen-bond acceptors (Lipinski definition) is 4. The molecular weight excluding hydrogens is 282 g/mol. The van der Waals surface area contributed by atoms with Gasteiger partial charge in [0.1, 0.15) is 17.4 Å². The lowest BCUT2D eigenvalue weighted by Crippen LogP contribution is -2.37. The summed E-state index contributed by atoms with van der Waals surface area (Å²) in [4.78, 5) is 16.4. The molecule has 0 unspecified atom stereocenters. The van der Waals surface area contributed by atoms with Crippen LogP contribution >= 0.6 is 0 Å². The lowest BCUT2D eigenvalue weighted by atomic mass is 9.92. The molecule has 1 N–H and O–H groups in total. The Morgan fingerprint density at radius 1 is 1.50 bits per heavy atom. The molecule has 6 nitrogen and oxygen atoms in total. The molecule has 22 heavy (non-hydrogen) atoms. The van der Waals surface area contributed by atoms with E-state index < -0.39 is 6.09 Å². The Bertz CT molecular complexity index is 724. The zero-order chi connectivity index (χ0) is 15.5. The number of carboxylic acid groups (broad SMARTS) is 1. The minimum absolute atomic E-state index is 0.391.